The number of nitro benzene ring substituents is 1. The largest absolute Gasteiger partial charge is 0.365 e. The van der Waals surface area contributed by atoms with Crippen molar-refractivity contribution in [3.63, 3.8) is 0 Å². The summed E-state index contributed by atoms with van der Waals surface area (Å²) in [4.78, 5) is 35.8. The molecule has 25 heavy (non-hydrogen) atoms. The molecule has 7 N–H and O–H groups in total. The molecular formula is C12H19BrN7O5+. The molecule has 0 aliphatic carbocycles. The molecule has 0 unspecified atom stereocenters. The number of carbonyl (C=O) groups excluding carboxylic acids is 1. The van der Waals surface area contributed by atoms with E-state index in [-0.39, 0.29) is 35.2 Å². The molecule has 0 aliphatic rings. The first-order chi connectivity index (χ1) is 11.3. The van der Waals surface area contributed by atoms with Gasteiger partial charge in [0.25, 0.3) is 11.6 Å². The van der Waals surface area contributed by atoms with Crippen molar-refractivity contribution in [1.29, 1.82) is 0 Å². The number of nitro groups is 1. The standard InChI is InChI=1S/C12H17N7O5.BrH/c13-10(2-1-7-15-12(14)17-19(23)24)11(20)16-8-3-5-9(6-4-8)18(21)22;/h3-6,10H,1-2,7,13H2,(H4-,14,15,16,17,20,23,24);1H/p+1/t10-;/m0./s1. The number of nitrogens with two attached hydrogens (primary N) is 2. The Morgan fingerprint density at radius 1 is 1.32 bits per heavy atom. The van der Waals surface area contributed by atoms with Gasteiger partial charge < -0.3 is 16.8 Å². The summed E-state index contributed by atoms with van der Waals surface area (Å²) in [6, 6.07) is 4.54. The van der Waals surface area contributed by atoms with E-state index in [0.29, 0.717) is 18.5 Å². The van der Waals surface area contributed by atoms with E-state index in [1.807, 2.05) is 0 Å². The molecule has 0 fully saturated rings. The molecule has 0 radical (unpaired) electrons. The van der Waals surface area contributed by atoms with Gasteiger partial charge in [0.2, 0.25) is 5.91 Å². The third-order valence-electron chi connectivity index (χ3n) is 2.85. The molecule has 1 amide bonds. The third-order valence-corrected chi connectivity index (χ3v) is 2.85. The number of carbonyl (C=O) groups is 1. The summed E-state index contributed by atoms with van der Waals surface area (Å²) in [5, 5.41) is 20.8. The highest BCUT2D eigenvalue weighted by Crippen LogP contribution is 2.15. The van der Waals surface area contributed by atoms with E-state index < -0.39 is 21.9 Å². The van der Waals surface area contributed by atoms with Gasteiger partial charge in [-0.15, -0.1) is 17.0 Å². The molecule has 1 aromatic carbocycles. The van der Waals surface area contributed by atoms with Crippen LogP contribution in [0.25, 0.3) is 0 Å². The molecule has 1 rings (SSSR count). The van der Waals surface area contributed by atoms with Gasteiger partial charge in [0.1, 0.15) is 4.91 Å². The van der Waals surface area contributed by atoms with E-state index in [9.17, 15) is 19.8 Å². The monoisotopic (exact) mass is 420 g/mol. The zero-order chi connectivity index (χ0) is 18.1. The van der Waals surface area contributed by atoms with Crippen LogP contribution in [0.4, 0.5) is 11.4 Å². The summed E-state index contributed by atoms with van der Waals surface area (Å²) in [5.41, 5.74) is 13.1. The molecule has 0 heterocycles. The summed E-state index contributed by atoms with van der Waals surface area (Å²) in [6.45, 7) is 0.200. The lowest BCUT2D eigenvalue weighted by molar-refractivity contribution is -0.822. The first-order valence-corrected chi connectivity index (χ1v) is 6.83. The summed E-state index contributed by atoms with van der Waals surface area (Å²) in [6.07, 6.45) is 0.720. The van der Waals surface area contributed by atoms with Gasteiger partial charge in [-0.3, -0.25) is 14.9 Å². The van der Waals surface area contributed by atoms with E-state index >= 15 is 0 Å². The first-order valence-electron chi connectivity index (χ1n) is 6.83. The highest BCUT2D eigenvalue weighted by atomic mass is 79.9. The fraction of sp³-hybridized carbons (Fsp3) is 0.333. The average molecular weight is 421 g/mol. The van der Waals surface area contributed by atoms with Crippen LogP contribution in [0.5, 0.6) is 0 Å². The van der Waals surface area contributed by atoms with Crippen molar-refractivity contribution < 1.29 is 20.0 Å². The van der Waals surface area contributed by atoms with Gasteiger partial charge >= 0.3 is 5.03 Å². The lowest BCUT2D eigenvalue weighted by Crippen LogP contribution is -2.37. The van der Waals surface area contributed by atoms with Crippen molar-refractivity contribution in [3.05, 3.63) is 39.3 Å². The van der Waals surface area contributed by atoms with Crippen LogP contribution in [0.3, 0.4) is 0 Å². The molecule has 1 atom stereocenters. The second-order valence-corrected chi connectivity index (χ2v) is 4.69. The Bertz CT molecular complexity index is 637. The minimum atomic E-state index is -0.807. The molecule has 0 saturated carbocycles. The van der Waals surface area contributed by atoms with Gasteiger partial charge in [0.15, 0.2) is 0 Å². The summed E-state index contributed by atoms with van der Waals surface area (Å²) in [7, 11) is 0. The maximum Gasteiger partial charge on any atom is 0.362 e. The Morgan fingerprint density at radius 2 is 1.92 bits per heavy atom. The van der Waals surface area contributed by atoms with E-state index in [1.165, 1.54) is 24.3 Å². The van der Waals surface area contributed by atoms with E-state index in [4.69, 9.17) is 16.7 Å². The van der Waals surface area contributed by atoms with Gasteiger partial charge in [0.05, 0.1) is 11.0 Å². The number of nitrogens with one attached hydrogen (secondary N) is 2. The highest BCUT2D eigenvalue weighted by molar-refractivity contribution is 8.93. The SMILES string of the molecule is Br.NC(=NCCC[C@H](N)C(=O)Nc1ccc([N+](=O)[O-])cc1)N[N+](=O)O. The first kappa shape index (κ1) is 22.2. The second kappa shape index (κ2) is 10.9. The number of guanidine groups is 1. The maximum atomic E-state index is 11.9. The predicted molar refractivity (Wildman–Crippen MR) is 94.3 cm³/mol. The number of non-ortho nitro benzene ring substituents is 1. The number of halogens is 1. The second-order valence-electron chi connectivity index (χ2n) is 4.69. The van der Waals surface area contributed by atoms with Crippen LogP contribution in [0.2, 0.25) is 0 Å². The molecule has 13 heteroatoms. The van der Waals surface area contributed by atoms with Crippen molar-refractivity contribution in [2.24, 2.45) is 16.5 Å². The van der Waals surface area contributed by atoms with E-state index in [1.54, 1.807) is 5.43 Å². The number of amides is 1. The summed E-state index contributed by atoms with van der Waals surface area (Å²) >= 11 is 0. The highest BCUT2D eigenvalue weighted by Gasteiger charge is 2.14. The number of hydrogen-bond acceptors (Lipinski definition) is 6. The van der Waals surface area contributed by atoms with Crippen molar-refractivity contribution in [1.82, 2.24) is 5.43 Å². The quantitative estimate of drug-likeness (QED) is 0.129. The van der Waals surface area contributed by atoms with Gasteiger partial charge in [0, 0.05) is 24.4 Å². The predicted octanol–water partition coefficient (Wildman–Crippen LogP) is 0.206. The maximum absolute atomic E-state index is 11.9. The minimum Gasteiger partial charge on any atom is -0.365 e. The smallest absolute Gasteiger partial charge is 0.362 e. The molecular weight excluding hydrogens is 402 g/mol. The average Bonchev–Trinajstić information content (AvgIpc) is 2.51. The van der Waals surface area contributed by atoms with Crippen LogP contribution in [0.1, 0.15) is 12.8 Å². The summed E-state index contributed by atoms with van der Waals surface area (Å²) < 4.78 is 0. The van der Waals surface area contributed by atoms with Crippen molar-refractivity contribution in [2.75, 3.05) is 11.9 Å². The van der Waals surface area contributed by atoms with E-state index in [0.717, 1.165) is 0 Å². The molecule has 1 aromatic rings. The van der Waals surface area contributed by atoms with Gasteiger partial charge in [-0.1, -0.05) is 0 Å². The number of hydrazine groups is 1. The van der Waals surface area contributed by atoms with Crippen LogP contribution >= 0.6 is 17.0 Å². The summed E-state index contributed by atoms with van der Waals surface area (Å²) in [5.74, 6) is -0.712. The molecule has 0 aliphatic heterocycles. The Labute approximate surface area is 152 Å². The topological polar surface area (TPSA) is 189 Å². The van der Waals surface area contributed by atoms with Crippen LogP contribution < -0.4 is 22.2 Å². The molecule has 0 saturated heterocycles. The van der Waals surface area contributed by atoms with Gasteiger partial charge in [-0.25, -0.2) is 10.2 Å². The van der Waals surface area contributed by atoms with Crippen LogP contribution in [-0.2, 0) is 4.79 Å². The fourth-order valence-corrected chi connectivity index (χ4v) is 1.68. The third kappa shape index (κ3) is 8.57. The van der Waals surface area contributed by atoms with E-state index in [2.05, 4.69) is 10.3 Å². The molecule has 0 aromatic heterocycles. The van der Waals surface area contributed by atoms with Crippen LogP contribution in [0, 0.1) is 15.0 Å². The number of benzene rings is 1. The van der Waals surface area contributed by atoms with Crippen molar-refractivity contribution >= 4 is 40.2 Å². The van der Waals surface area contributed by atoms with Crippen molar-refractivity contribution in [3.8, 4) is 0 Å². The van der Waals surface area contributed by atoms with Gasteiger partial charge in [-0.2, -0.15) is 0 Å². The molecule has 0 spiro atoms. The number of anilines is 1. The minimum absolute atomic E-state index is 0. The van der Waals surface area contributed by atoms with Crippen LogP contribution in [-0.4, -0.2) is 39.6 Å². The lowest BCUT2D eigenvalue weighted by Gasteiger charge is -2.11. The Hall–Kier alpha value is -2.80. The number of hydrogen-bond donors (Lipinski definition) is 5. The Kier molecular flexibility index (Phi) is 9.66. The lowest BCUT2D eigenvalue weighted by atomic mass is 10.1. The Morgan fingerprint density at radius 3 is 2.44 bits per heavy atom. The molecule has 0 bridgehead atoms. The zero-order valence-corrected chi connectivity index (χ0v) is 14.7. The normalized spacial score (nSPS) is 11.8. The van der Waals surface area contributed by atoms with Gasteiger partial charge in [-0.05, 0) is 30.4 Å². The fourth-order valence-electron chi connectivity index (χ4n) is 1.68. The number of aliphatic imine (C=N–C) groups is 1. The molecule has 12 nitrogen and oxygen atoms in total. The van der Waals surface area contributed by atoms with Crippen LogP contribution in [0.15, 0.2) is 29.3 Å². The zero-order valence-electron chi connectivity index (χ0n) is 13.0. The Balaban J connectivity index is 0.00000576. The number of rotatable bonds is 8. The van der Waals surface area contributed by atoms with Crippen molar-refractivity contribution in [2.45, 2.75) is 18.9 Å². The molecule has 138 valence electrons. The number of nitrogens with zero attached hydrogens (tertiary/aromatic N) is 3.